The van der Waals surface area contributed by atoms with E-state index in [1.807, 2.05) is 3.28 Å². The molecule has 0 spiro atoms. The molecule has 154 valence electrons. The summed E-state index contributed by atoms with van der Waals surface area (Å²) in [6.07, 6.45) is 2.70. The van der Waals surface area contributed by atoms with E-state index in [0.29, 0.717) is 9.54 Å². The van der Waals surface area contributed by atoms with Crippen LogP contribution in [0.5, 0.6) is 0 Å². The van der Waals surface area contributed by atoms with Gasteiger partial charge < -0.3 is 0 Å². The van der Waals surface area contributed by atoms with Crippen LogP contribution in [-0.2, 0) is 20.4 Å². The summed E-state index contributed by atoms with van der Waals surface area (Å²) in [5.41, 5.74) is 13.3. The second-order valence-electron chi connectivity index (χ2n) is 9.45. The van der Waals surface area contributed by atoms with Gasteiger partial charge in [0.15, 0.2) is 0 Å². The van der Waals surface area contributed by atoms with E-state index in [9.17, 15) is 0 Å². The van der Waals surface area contributed by atoms with E-state index >= 15 is 0 Å². The van der Waals surface area contributed by atoms with Crippen LogP contribution in [0.2, 0.25) is 13.1 Å². The number of hydrogen-bond donors (Lipinski definition) is 0. The summed E-state index contributed by atoms with van der Waals surface area (Å²) in [5.74, 6) is 0.657. The normalized spacial score (nSPS) is 20.6. The third kappa shape index (κ3) is 3.55. The Balaban J connectivity index is 1.93. The Morgan fingerprint density at radius 3 is 2.17 bits per heavy atom. The molecule has 4 rings (SSSR count). The van der Waals surface area contributed by atoms with Gasteiger partial charge in [-0.3, -0.25) is 0 Å². The molecule has 2 aliphatic carbocycles. The Bertz CT molecular complexity index is 1170. The summed E-state index contributed by atoms with van der Waals surface area (Å²) < 4.78 is 2.58. The standard InChI is InChI=1S/C17H15.C9H13.C2H6Si.Zr/c1-12-7-8-13(2)17(11-12)16-10-9-14-5-3-4-6-15(14)16;1-6-5-7(2)9(4)8(6)3;1-3-2;/h3-11H,1-2H3;6H,1-4H3;1-2H3;. The predicted molar refractivity (Wildman–Crippen MR) is 130 cm³/mol. The summed E-state index contributed by atoms with van der Waals surface area (Å²) in [5, 5.41) is 0. The van der Waals surface area contributed by atoms with Gasteiger partial charge in [0.2, 0.25) is 0 Å². The Labute approximate surface area is 191 Å². The van der Waals surface area contributed by atoms with Crippen molar-refractivity contribution in [3.05, 3.63) is 96.4 Å². The van der Waals surface area contributed by atoms with E-state index in [1.54, 1.807) is 22.3 Å². The Morgan fingerprint density at radius 1 is 0.833 bits per heavy atom. The molecule has 0 saturated carbocycles. The first-order chi connectivity index (χ1) is 14.2. The molecule has 0 saturated heterocycles. The second-order valence-corrected chi connectivity index (χ2v) is 26.9. The molecule has 0 bridgehead atoms. The maximum atomic E-state index is 2.70. The quantitative estimate of drug-likeness (QED) is 0.384. The van der Waals surface area contributed by atoms with Crippen LogP contribution in [0.25, 0.3) is 5.57 Å². The molecule has 0 nitrogen and oxygen atoms in total. The third-order valence-corrected chi connectivity index (χ3v) is 26.0. The zero-order valence-corrected chi connectivity index (χ0v) is 23.2. The second kappa shape index (κ2) is 8.36. The van der Waals surface area contributed by atoms with Crippen molar-refractivity contribution in [1.29, 1.82) is 0 Å². The molecule has 0 fully saturated rings. The van der Waals surface area contributed by atoms with Crippen molar-refractivity contribution < 1.29 is 20.4 Å². The van der Waals surface area contributed by atoms with Gasteiger partial charge >= 0.3 is 192 Å². The first-order valence-corrected chi connectivity index (χ1v) is 20.0. The number of hydrogen-bond acceptors (Lipinski definition) is 0. The molecule has 0 radical (unpaired) electrons. The molecule has 2 heteroatoms. The van der Waals surface area contributed by atoms with Crippen LogP contribution in [0.15, 0.2) is 68.5 Å². The molecule has 0 N–H and O–H groups in total. The summed E-state index contributed by atoms with van der Waals surface area (Å²) in [6.45, 7) is 19.3. The van der Waals surface area contributed by atoms with Gasteiger partial charge in [-0.25, -0.2) is 0 Å². The Kier molecular flexibility index (Phi) is 6.12. The van der Waals surface area contributed by atoms with Gasteiger partial charge in [-0.15, -0.1) is 0 Å². The molecular formula is C28H34SiZr. The Morgan fingerprint density at radius 2 is 1.53 bits per heavy atom. The van der Waals surface area contributed by atoms with Crippen LogP contribution >= 0.6 is 0 Å². The van der Waals surface area contributed by atoms with Crippen molar-refractivity contribution in [2.45, 2.75) is 58.3 Å². The van der Waals surface area contributed by atoms with Crippen LogP contribution in [0.4, 0.5) is 0 Å². The van der Waals surface area contributed by atoms with Crippen molar-refractivity contribution in [3.63, 3.8) is 0 Å². The zero-order chi connectivity index (χ0) is 21.7. The fourth-order valence-electron chi connectivity index (χ4n) is 5.41. The average molecular weight is 490 g/mol. The molecule has 0 heterocycles. The summed E-state index contributed by atoms with van der Waals surface area (Å²) in [7, 11) is 0. The van der Waals surface area contributed by atoms with E-state index in [0.717, 1.165) is 0 Å². The van der Waals surface area contributed by atoms with Gasteiger partial charge in [-0.1, -0.05) is 0 Å². The average Bonchev–Trinajstić information content (AvgIpc) is 3.17. The van der Waals surface area contributed by atoms with E-state index < -0.39 is 20.4 Å². The number of rotatable bonds is 3. The molecule has 30 heavy (non-hydrogen) atoms. The third-order valence-electron chi connectivity index (χ3n) is 7.38. The van der Waals surface area contributed by atoms with Gasteiger partial charge in [0.25, 0.3) is 0 Å². The summed E-state index contributed by atoms with van der Waals surface area (Å²) in [6, 6.07) is 16.2. The van der Waals surface area contributed by atoms with Crippen LogP contribution in [-0.4, -0.2) is 5.43 Å². The van der Waals surface area contributed by atoms with Crippen molar-refractivity contribution in [2.24, 2.45) is 5.92 Å². The minimum absolute atomic E-state index is 0.347. The summed E-state index contributed by atoms with van der Waals surface area (Å²) in [4.78, 5) is 0. The maximum absolute atomic E-state index is 2.70. The van der Waals surface area contributed by atoms with Gasteiger partial charge in [0.05, 0.1) is 0 Å². The van der Waals surface area contributed by atoms with Crippen LogP contribution in [0.1, 0.15) is 59.1 Å². The molecule has 2 aromatic carbocycles. The number of fused-ring (bicyclic) bond motifs is 1. The van der Waals surface area contributed by atoms with Crippen molar-refractivity contribution in [1.82, 2.24) is 0 Å². The Hall–Kier alpha value is -1.24. The molecule has 2 aliphatic rings. The number of allylic oxidation sites excluding steroid dienone is 5. The van der Waals surface area contributed by atoms with Crippen LogP contribution < -0.4 is 0 Å². The summed E-state index contributed by atoms with van der Waals surface area (Å²) >= 11 is -1.91. The van der Waals surface area contributed by atoms with Gasteiger partial charge in [0.1, 0.15) is 0 Å². The fraction of sp³-hybridized carbons (Fsp3) is 0.357. The molecular weight excluding hydrogens is 456 g/mol. The van der Waals surface area contributed by atoms with Crippen molar-refractivity contribution in [3.8, 4) is 0 Å². The van der Waals surface area contributed by atoms with E-state index in [4.69, 9.17) is 0 Å². The van der Waals surface area contributed by atoms with Crippen molar-refractivity contribution >= 4 is 11.0 Å². The molecule has 2 unspecified atom stereocenters. The van der Waals surface area contributed by atoms with E-state index in [2.05, 4.69) is 103 Å². The number of benzene rings is 2. The predicted octanol–water partition coefficient (Wildman–Crippen LogP) is 7.92. The number of aryl methyl sites for hydroxylation is 2. The van der Waals surface area contributed by atoms with Crippen LogP contribution in [0.3, 0.4) is 0 Å². The van der Waals surface area contributed by atoms with E-state index in [-0.39, 0.29) is 5.43 Å². The van der Waals surface area contributed by atoms with Crippen LogP contribution in [0, 0.1) is 19.8 Å². The first-order valence-electron chi connectivity index (χ1n) is 11.2. The molecule has 2 atom stereocenters. The van der Waals surface area contributed by atoms with E-state index in [1.165, 1.54) is 27.8 Å². The fourth-order valence-corrected chi connectivity index (χ4v) is 25.1. The molecule has 0 aromatic heterocycles. The van der Waals surface area contributed by atoms with Gasteiger partial charge in [-0.2, -0.15) is 0 Å². The van der Waals surface area contributed by atoms with Gasteiger partial charge in [0, 0.05) is 0 Å². The van der Waals surface area contributed by atoms with Gasteiger partial charge in [-0.05, 0) is 0 Å². The topological polar surface area (TPSA) is 0 Å². The molecule has 0 amide bonds. The monoisotopic (exact) mass is 488 g/mol. The minimum atomic E-state index is -1.91. The first kappa shape index (κ1) is 22.0. The zero-order valence-electron chi connectivity index (χ0n) is 19.8. The molecule has 2 aromatic rings. The SMILES string of the molecule is CC1=C(C)C(C)[C]([Zr]([CH]2C=C(c3cc(C)ccc3C)c3ccccc32)=[Si](C)C)=C1C. The molecule has 0 aliphatic heterocycles. The van der Waals surface area contributed by atoms with Crippen molar-refractivity contribution in [2.75, 3.05) is 0 Å².